The average Bonchev–Trinajstić information content (AvgIpc) is 2.39. The van der Waals surface area contributed by atoms with Crippen LogP contribution >= 0.6 is 11.3 Å². The molecule has 0 spiro atoms. The number of fused-ring (bicyclic) bond motifs is 1. The zero-order valence-electron chi connectivity index (χ0n) is 6.09. The summed E-state index contributed by atoms with van der Waals surface area (Å²) in [7, 11) is 2.09. The van der Waals surface area contributed by atoms with Crippen LogP contribution in [0.15, 0.2) is 17.0 Å². The fourth-order valence-electron chi connectivity index (χ4n) is 1.29. The Kier molecular flexibility index (Phi) is 1.11. The molecule has 0 saturated carbocycles. The molecule has 0 atom stereocenters. The van der Waals surface area contributed by atoms with Crippen molar-refractivity contribution in [2.45, 2.75) is 6.92 Å². The third kappa shape index (κ3) is 0.625. The van der Waals surface area contributed by atoms with E-state index in [9.17, 15) is 0 Å². The number of hydrogen-bond acceptors (Lipinski definition) is 1. The normalized spacial score (nSPS) is 11.0. The van der Waals surface area contributed by atoms with Gasteiger partial charge in [0.1, 0.15) is 0 Å². The summed E-state index contributed by atoms with van der Waals surface area (Å²) in [5, 5.41) is 5.78. The van der Waals surface area contributed by atoms with E-state index in [0.29, 0.717) is 0 Å². The van der Waals surface area contributed by atoms with Crippen LogP contribution in [0.2, 0.25) is 0 Å². The molecule has 0 bridgehead atoms. The summed E-state index contributed by atoms with van der Waals surface area (Å²) >= 11 is 1.77. The Hall–Kier alpha value is -0.760. The van der Waals surface area contributed by atoms with E-state index in [-0.39, 0.29) is 0 Å². The topological polar surface area (TPSA) is 4.93 Å². The Labute approximate surface area is 63.9 Å². The molecule has 0 N–H and O–H groups in total. The van der Waals surface area contributed by atoms with Crippen LogP contribution < -0.4 is 0 Å². The molecule has 0 aliphatic rings. The highest BCUT2D eigenvalue weighted by atomic mass is 32.1. The van der Waals surface area contributed by atoms with E-state index in [2.05, 4.69) is 35.5 Å². The molecule has 0 radical (unpaired) electrons. The number of hydrogen-bond donors (Lipinski definition) is 0. The molecule has 0 aromatic carbocycles. The Morgan fingerprint density at radius 1 is 1.40 bits per heavy atom. The van der Waals surface area contributed by atoms with Crippen LogP contribution in [-0.2, 0) is 7.05 Å². The largest absolute Gasteiger partial charge is 0.350 e. The zero-order valence-corrected chi connectivity index (χ0v) is 6.90. The van der Waals surface area contributed by atoms with Crippen molar-refractivity contribution >= 4 is 22.2 Å². The lowest BCUT2D eigenvalue weighted by Crippen LogP contribution is -1.79. The molecule has 1 nitrogen and oxygen atoms in total. The van der Waals surface area contributed by atoms with Crippen LogP contribution in [0.1, 0.15) is 5.56 Å². The number of thiophene rings is 1. The second-order valence-corrected chi connectivity index (χ2v) is 3.34. The van der Waals surface area contributed by atoms with Crippen molar-refractivity contribution in [1.29, 1.82) is 0 Å². The molecular formula is C8H9NS. The van der Waals surface area contributed by atoms with Crippen molar-refractivity contribution in [3.63, 3.8) is 0 Å². The van der Waals surface area contributed by atoms with Gasteiger partial charge in [-0.1, -0.05) is 0 Å². The molecule has 0 amide bonds. The lowest BCUT2D eigenvalue weighted by atomic mass is 10.3. The molecule has 10 heavy (non-hydrogen) atoms. The molecule has 0 aliphatic carbocycles. The first kappa shape index (κ1) is 5.98. The summed E-state index contributed by atoms with van der Waals surface area (Å²) in [5.41, 5.74) is 2.72. The van der Waals surface area contributed by atoms with Gasteiger partial charge in [-0.2, -0.15) is 0 Å². The van der Waals surface area contributed by atoms with Crippen molar-refractivity contribution in [2.24, 2.45) is 7.05 Å². The Bertz CT molecular complexity index is 325. The highest BCUT2D eigenvalue weighted by Crippen LogP contribution is 2.23. The van der Waals surface area contributed by atoms with Gasteiger partial charge in [-0.15, -0.1) is 11.3 Å². The van der Waals surface area contributed by atoms with Crippen molar-refractivity contribution in [3.8, 4) is 0 Å². The predicted molar refractivity (Wildman–Crippen MR) is 45.5 cm³/mol. The quantitative estimate of drug-likeness (QED) is 0.545. The molecule has 0 aliphatic heterocycles. The maximum atomic E-state index is 2.20. The van der Waals surface area contributed by atoms with Gasteiger partial charge in [-0.3, -0.25) is 0 Å². The van der Waals surface area contributed by atoms with Gasteiger partial charge >= 0.3 is 0 Å². The van der Waals surface area contributed by atoms with Crippen molar-refractivity contribution in [3.05, 3.63) is 22.5 Å². The van der Waals surface area contributed by atoms with Crippen molar-refractivity contribution in [1.82, 2.24) is 4.57 Å². The molecular weight excluding hydrogens is 142 g/mol. The zero-order chi connectivity index (χ0) is 7.14. The van der Waals surface area contributed by atoms with E-state index in [4.69, 9.17) is 0 Å². The summed E-state index contributed by atoms with van der Waals surface area (Å²) in [5.74, 6) is 0. The third-order valence-corrected chi connectivity index (χ3v) is 2.56. The molecule has 2 rings (SSSR count). The Morgan fingerprint density at radius 3 is 2.90 bits per heavy atom. The summed E-state index contributed by atoms with van der Waals surface area (Å²) in [6.45, 7) is 2.15. The number of rotatable bonds is 0. The smallest absolute Gasteiger partial charge is 0.0589 e. The SMILES string of the molecule is Cc1cn(C)c2cscc12. The standard InChI is InChI=1S/C8H9NS/c1-6-3-9(2)8-5-10-4-7(6)8/h3-5H,1-2H3. The second kappa shape index (κ2) is 1.86. The molecule has 2 heteroatoms. The summed E-state index contributed by atoms with van der Waals surface area (Å²) in [6.07, 6.45) is 2.16. The third-order valence-electron chi connectivity index (χ3n) is 1.83. The van der Waals surface area contributed by atoms with Gasteiger partial charge in [-0.25, -0.2) is 0 Å². The van der Waals surface area contributed by atoms with E-state index in [1.165, 1.54) is 16.5 Å². The maximum Gasteiger partial charge on any atom is 0.0589 e. The molecule has 2 aromatic heterocycles. The van der Waals surface area contributed by atoms with Crippen LogP contribution in [-0.4, -0.2) is 4.57 Å². The second-order valence-electron chi connectivity index (χ2n) is 2.59. The molecule has 0 fully saturated rings. The first-order valence-electron chi connectivity index (χ1n) is 3.27. The van der Waals surface area contributed by atoms with E-state index >= 15 is 0 Å². The Morgan fingerprint density at radius 2 is 2.20 bits per heavy atom. The van der Waals surface area contributed by atoms with Crippen LogP contribution in [0.3, 0.4) is 0 Å². The van der Waals surface area contributed by atoms with Gasteiger partial charge in [0.2, 0.25) is 0 Å². The first-order valence-corrected chi connectivity index (χ1v) is 4.21. The van der Waals surface area contributed by atoms with E-state index in [1.54, 1.807) is 11.3 Å². The fourth-order valence-corrected chi connectivity index (χ4v) is 2.22. The molecule has 52 valence electrons. The van der Waals surface area contributed by atoms with Crippen molar-refractivity contribution < 1.29 is 0 Å². The molecule has 2 aromatic rings. The first-order chi connectivity index (χ1) is 4.79. The van der Waals surface area contributed by atoms with E-state index in [1.807, 2.05) is 0 Å². The minimum absolute atomic E-state index is 1.35. The lowest BCUT2D eigenvalue weighted by molar-refractivity contribution is 0.965. The van der Waals surface area contributed by atoms with Gasteiger partial charge in [0, 0.05) is 29.4 Å². The van der Waals surface area contributed by atoms with Crippen LogP contribution in [0.5, 0.6) is 0 Å². The van der Waals surface area contributed by atoms with E-state index < -0.39 is 0 Å². The summed E-state index contributed by atoms with van der Waals surface area (Å²) in [6, 6.07) is 0. The summed E-state index contributed by atoms with van der Waals surface area (Å²) in [4.78, 5) is 0. The predicted octanol–water partition coefficient (Wildman–Crippen LogP) is 2.55. The maximum absolute atomic E-state index is 2.20. The number of nitrogens with zero attached hydrogens (tertiary/aromatic N) is 1. The van der Waals surface area contributed by atoms with Gasteiger partial charge < -0.3 is 4.57 Å². The number of aryl methyl sites for hydroxylation is 2. The minimum atomic E-state index is 1.35. The van der Waals surface area contributed by atoms with Crippen LogP contribution in [0, 0.1) is 6.92 Å². The summed E-state index contributed by atoms with van der Waals surface area (Å²) < 4.78 is 2.17. The lowest BCUT2D eigenvalue weighted by Gasteiger charge is -1.86. The monoisotopic (exact) mass is 151 g/mol. The van der Waals surface area contributed by atoms with E-state index in [0.717, 1.165) is 0 Å². The fraction of sp³-hybridized carbons (Fsp3) is 0.250. The minimum Gasteiger partial charge on any atom is -0.350 e. The molecule has 0 saturated heterocycles. The van der Waals surface area contributed by atoms with Gasteiger partial charge in [-0.05, 0) is 12.5 Å². The number of aromatic nitrogens is 1. The highest BCUT2D eigenvalue weighted by Gasteiger charge is 2.01. The van der Waals surface area contributed by atoms with Crippen molar-refractivity contribution in [2.75, 3.05) is 0 Å². The average molecular weight is 151 g/mol. The van der Waals surface area contributed by atoms with Gasteiger partial charge in [0.25, 0.3) is 0 Å². The van der Waals surface area contributed by atoms with Gasteiger partial charge in [0.05, 0.1) is 5.52 Å². The molecule has 2 heterocycles. The van der Waals surface area contributed by atoms with Gasteiger partial charge in [0.15, 0.2) is 0 Å². The highest BCUT2D eigenvalue weighted by molar-refractivity contribution is 7.09. The Balaban J connectivity index is 2.98. The van der Waals surface area contributed by atoms with Crippen LogP contribution in [0.4, 0.5) is 0 Å². The van der Waals surface area contributed by atoms with Crippen LogP contribution in [0.25, 0.3) is 10.9 Å². The molecule has 0 unspecified atom stereocenters.